The highest BCUT2D eigenvalue weighted by molar-refractivity contribution is 6.02. The van der Waals surface area contributed by atoms with Crippen LogP contribution in [0, 0.1) is 0 Å². The van der Waals surface area contributed by atoms with E-state index in [2.05, 4.69) is 10.3 Å². The fraction of sp³-hybridized carbons (Fsp3) is 0.154. The Morgan fingerprint density at radius 3 is 2.89 bits per heavy atom. The van der Waals surface area contributed by atoms with E-state index in [-0.39, 0.29) is 6.61 Å². The molecule has 0 fully saturated rings. The highest BCUT2D eigenvalue weighted by atomic mass is 16.5. The first-order valence-corrected chi connectivity index (χ1v) is 5.59. The first-order chi connectivity index (χ1) is 9.16. The van der Waals surface area contributed by atoms with Crippen LogP contribution in [0.15, 0.2) is 36.7 Å². The van der Waals surface area contributed by atoms with Crippen molar-refractivity contribution in [1.82, 2.24) is 4.98 Å². The molecule has 6 nitrogen and oxygen atoms in total. The fourth-order valence-electron chi connectivity index (χ4n) is 1.65. The number of anilines is 1. The second-order valence-electron chi connectivity index (χ2n) is 3.84. The summed E-state index contributed by atoms with van der Waals surface area (Å²) in [4.78, 5) is 25.8. The van der Waals surface area contributed by atoms with Gasteiger partial charge in [-0.05, 0) is 12.1 Å². The third kappa shape index (κ3) is 3.49. The van der Waals surface area contributed by atoms with E-state index in [1.54, 1.807) is 30.6 Å². The van der Waals surface area contributed by atoms with Crippen molar-refractivity contribution < 1.29 is 19.4 Å². The molecule has 0 aliphatic carbocycles. The van der Waals surface area contributed by atoms with Gasteiger partial charge in [-0.2, -0.15) is 0 Å². The highest BCUT2D eigenvalue weighted by Gasteiger charge is 2.06. The summed E-state index contributed by atoms with van der Waals surface area (Å²) in [5, 5.41) is 12.8. The molecule has 0 saturated heterocycles. The lowest BCUT2D eigenvalue weighted by Gasteiger charge is -2.08. The van der Waals surface area contributed by atoms with Gasteiger partial charge >= 0.3 is 5.97 Å². The van der Waals surface area contributed by atoms with Gasteiger partial charge in [0.25, 0.3) is 0 Å². The molecule has 1 aromatic heterocycles. The van der Waals surface area contributed by atoms with Gasteiger partial charge in [-0.25, -0.2) is 4.79 Å². The molecular formula is C13H12N2O4. The van der Waals surface area contributed by atoms with Crippen molar-refractivity contribution in [3.8, 4) is 0 Å². The number of rotatable bonds is 5. The Bertz CT molecular complexity index is 607. The minimum atomic E-state index is -1.11. The largest absolute Gasteiger partial charge is 0.480 e. The van der Waals surface area contributed by atoms with Crippen LogP contribution in [0.4, 0.5) is 5.69 Å². The van der Waals surface area contributed by atoms with Crippen LogP contribution in [0.1, 0.15) is 0 Å². The number of pyridine rings is 1. The number of ether oxygens (including phenoxy) is 1. The lowest BCUT2D eigenvalue weighted by atomic mass is 10.1. The standard InChI is InChI=1S/C13H12N2O4/c16-12(7-19-8-13(17)18)15-11-3-1-2-9-6-14-5-4-10(9)11/h1-6H,7-8H2,(H,15,16)(H,17,18). The third-order valence-corrected chi connectivity index (χ3v) is 2.41. The number of aromatic nitrogens is 1. The molecule has 0 aliphatic heterocycles. The number of benzene rings is 1. The SMILES string of the molecule is O=C(O)COCC(=O)Nc1cccc2cnccc12. The quantitative estimate of drug-likeness (QED) is 0.845. The van der Waals surface area contributed by atoms with Gasteiger partial charge in [0.1, 0.15) is 13.2 Å². The number of aliphatic carboxylic acids is 1. The Morgan fingerprint density at radius 1 is 1.26 bits per heavy atom. The minimum Gasteiger partial charge on any atom is -0.480 e. The average molecular weight is 260 g/mol. The van der Waals surface area contributed by atoms with Crippen LogP contribution in [0.2, 0.25) is 0 Å². The molecule has 98 valence electrons. The lowest BCUT2D eigenvalue weighted by molar-refractivity contribution is -0.143. The van der Waals surface area contributed by atoms with Gasteiger partial charge in [0, 0.05) is 28.9 Å². The van der Waals surface area contributed by atoms with Crippen LogP contribution in [-0.2, 0) is 14.3 Å². The molecule has 0 unspecified atom stereocenters. The summed E-state index contributed by atoms with van der Waals surface area (Å²) in [6, 6.07) is 7.25. The Labute approximate surface area is 109 Å². The van der Waals surface area contributed by atoms with Crippen molar-refractivity contribution in [3.63, 3.8) is 0 Å². The van der Waals surface area contributed by atoms with Crippen molar-refractivity contribution >= 4 is 28.3 Å². The van der Waals surface area contributed by atoms with Crippen LogP contribution in [0.3, 0.4) is 0 Å². The van der Waals surface area contributed by atoms with Gasteiger partial charge in [0.05, 0.1) is 0 Å². The number of hydrogen-bond acceptors (Lipinski definition) is 4. The molecular weight excluding hydrogens is 248 g/mol. The zero-order valence-electron chi connectivity index (χ0n) is 10.00. The monoisotopic (exact) mass is 260 g/mol. The number of hydrogen-bond donors (Lipinski definition) is 2. The number of carboxylic acid groups (broad SMARTS) is 1. The maximum absolute atomic E-state index is 11.6. The first kappa shape index (κ1) is 13.0. The second kappa shape index (κ2) is 5.92. The average Bonchev–Trinajstić information content (AvgIpc) is 2.39. The molecule has 2 aromatic rings. The molecule has 0 atom stereocenters. The van der Waals surface area contributed by atoms with Crippen molar-refractivity contribution in [2.24, 2.45) is 0 Å². The first-order valence-electron chi connectivity index (χ1n) is 5.59. The van der Waals surface area contributed by atoms with Crippen molar-refractivity contribution in [2.75, 3.05) is 18.5 Å². The van der Waals surface area contributed by atoms with Gasteiger partial charge in [0.15, 0.2) is 0 Å². The molecule has 1 heterocycles. The van der Waals surface area contributed by atoms with E-state index in [0.29, 0.717) is 5.69 Å². The molecule has 2 N–H and O–H groups in total. The second-order valence-corrected chi connectivity index (χ2v) is 3.84. The van der Waals surface area contributed by atoms with Crippen molar-refractivity contribution in [3.05, 3.63) is 36.7 Å². The van der Waals surface area contributed by atoms with Crippen LogP contribution < -0.4 is 5.32 Å². The van der Waals surface area contributed by atoms with Crippen molar-refractivity contribution in [2.45, 2.75) is 0 Å². The predicted molar refractivity (Wildman–Crippen MR) is 68.8 cm³/mol. The summed E-state index contributed by atoms with van der Waals surface area (Å²) in [6.07, 6.45) is 3.34. The van der Waals surface area contributed by atoms with E-state index in [9.17, 15) is 9.59 Å². The highest BCUT2D eigenvalue weighted by Crippen LogP contribution is 2.21. The fourth-order valence-corrected chi connectivity index (χ4v) is 1.65. The molecule has 1 amide bonds. The summed E-state index contributed by atoms with van der Waals surface area (Å²) in [5.74, 6) is -1.51. The van der Waals surface area contributed by atoms with E-state index in [1.807, 2.05) is 6.07 Å². The zero-order chi connectivity index (χ0) is 13.7. The minimum absolute atomic E-state index is 0.298. The number of carbonyl (C=O) groups is 2. The topological polar surface area (TPSA) is 88.5 Å². The van der Waals surface area contributed by atoms with E-state index in [1.165, 1.54) is 0 Å². The van der Waals surface area contributed by atoms with E-state index in [0.717, 1.165) is 10.8 Å². The van der Waals surface area contributed by atoms with E-state index < -0.39 is 18.5 Å². The zero-order valence-corrected chi connectivity index (χ0v) is 10.00. The molecule has 0 bridgehead atoms. The molecule has 0 aliphatic rings. The maximum Gasteiger partial charge on any atom is 0.329 e. The van der Waals surface area contributed by atoms with Crippen LogP contribution >= 0.6 is 0 Å². The van der Waals surface area contributed by atoms with E-state index in [4.69, 9.17) is 9.84 Å². The molecule has 6 heteroatoms. The third-order valence-electron chi connectivity index (χ3n) is 2.41. The number of amides is 1. The van der Waals surface area contributed by atoms with Gasteiger partial charge < -0.3 is 15.2 Å². The van der Waals surface area contributed by atoms with Gasteiger partial charge in [-0.3, -0.25) is 9.78 Å². The van der Waals surface area contributed by atoms with Gasteiger partial charge in [0.2, 0.25) is 5.91 Å². The van der Waals surface area contributed by atoms with Gasteiger partial charge in [-0.15, -0.1) is 0 Å². The summed E-state index contributed by atoms with van der Waals surface area (Å²) in [6.45, 7) is -0.791. The Hall–Kier alpha value is -2.47. The normalized spacial score (nSPS) is 10.3. The maximum atomic E-state index is 11.6. The number of fused-ring (bicyclic) bond motifs is 1. The van der Waals surface area contributed by atoms with Crippen molar-refractivity contribution in [1.29, 1.82) is 0 Å². The molecule has 0 radical (unpaired) electrons. The predicted octanol–water partition coefficient (Wildman–Crippen LogP) is 1.27. The number of nitrogens with zero attached hydrogens (tertiary/aromatic N) is 1. The number of nitrogens with one attached hydrogen (secondary N) is 1. The van der Waals surface area contributed by atoms with E-state index >= 15 is 0 Å². The summed E-state index contributed by atoms with van der Waals surface area (Å²) in [7, 11) is 0. The Kier molecular flexibility index (Phi) is 4.04. The number of carboxylic acids is 1. The summed E-state index contributed by atoms with van der Waals surface area (Å²) < 4.78 is 4.72. The lowest BCUT2D eigenvalue weighted by Crippen LogP contribution is -2.20. The van der Waals surface area contributed by atoms with Crippen LogP contribution in [-0.4, -0.2) is 35.2 Å². The van der Waals surface area contributed by atoms with Crippen LogP contribution in [0.5, 0.6) is 0 Å². The number of carbonyl (C=O) groups excluding carboxylic acids is 1. The summed E-state index contributed by atoms with van der Waals surface area (Å²) >= 11 is 0. The molecule has 1 aromatic carbocycles. The molecule has 2 rings (SSSR count). The summed E-state index contributed by atoms with van der Waals surface area (Å²) in [5.41, 5.74) is 0.642. The van der Waals surface area contributed by atoms with Gasteiger partial charge in [-0.1, -0.05) is 12.1 Å². The Morgan fingerprint density at radius 2 is 2.11 bits per heavy atom. The molecule has 0 saturated carbocycles. The Balaban J connectivity index is 2.05. The van der Waals surface area contributed by atoms with Crippen LogP contribution in [0.25, 0.3) is 10.8 Å². The molecule has 19 heavy (non-hydrogen) atoms. The smallest absolute Gasteiger partial charge is 0.329 e. The molecule has 0 spiro atoms.